The monoisotopic (exact) mass is 548 g/mol. The number of allylic oxidation sites excluding steroid dienone is 1. The van der Waals surface area contributed by atoms with E-state index in [1.165, 1.54) is 27.4 Å². The average Bonchev–Trinajstić information content (AvgIpc) is 2.89. The quantitative estimate of drug-likeness (QED) is 0.528. The van der Waals surface area contributed by atoms with Crippen molar-refractivity contribution in [1.29, 1.82) is 0 Å². The number of fused-ring (bicyclic) bond motifs is 2. The van der Waals surface area contributed by atoms with E-state index in [1.54, 1.807) is 43.5 Å². The predicted octanol–water partition coefficient (Wildman–Crippen LogP) is 2.81. The molecule has 0 saturated heterocycles. The van der Waals surface area contributed by atoms with Crippen LogP contribution in [0.5, 0.6) is 0 Å². The third-order valence-corrected chi connectivity index (χ3v) is 8.04. The van der Waals surface area contributed by atoms with Crippen LogP contribution in [0.4, 0.5) is 5.69 Å². The molecule has 0 spiro atoms. The highest BCUT2D eigenvalue weighted by Gasteiger charge is 2.26. The van der Waals surface area contributed by atoms with Crippen LogP contribution in [0.3, 0.4) is 0 Å². The minimum atomic E-state index is -4.03. The Hall–Kier alpha value is -2.92. The van der Waals surface area contributed by atoms with Gasteiger partial charge in [0.1, 0.15) is 0 Å². The van der Waals surface area contributed by atoms with Gasteiger partial charge in [-0.3, -0.25) is 13.9 Å². The molecule has 0 fully saturated rings. The molecule has 0 radical (unpaired) electrons. The number of para-hydroxylation sites is 1. The van der Waals surface area contributed by atoms with Crippen LogP contribution in [0.2, 0.25) is 5.02 Å². The van der Waals surface area contributed by atoms with E-state index in [9.17, 15) is 18.0 Å². The summed E-state index contributed by atoms with van der Waals surface area (Å²) in [5, 5.41) is 2.90. The Morgan fingerprint density at radius 2 is 1.84 bits per heavy atom. The number of sulfonamides is 1. The summed E-state index contributed by atoms with van der Waals surface area (Å²) in [4.78, 5) is 26.6. The maximum absolute atomic E-state index is 13.7. The zero-order valence-electron chi connectivity index (χ0n) is 20.8. The summed E-state index contributed by atoms with van der Waals surface area (Å²) in [7, 11) is -2.44. The lowest BCUT2D eigenvalue weighted by Crippen LogP contribution is -2.41. The zero-order valence-corrected chi connectivity index (χ0v) is 22.4. The number of likely N-dealkylation sites (N-methyl/N-ethyl adjacent to an activating group) is 1. The van der Waals surface area contributed by atoms with E-state index < -0.39 is 22.0 Å². The third-order valence-electron chi connectivity index (χ3n) is 5.92. The van der Waals surface area contributed by atoms with Gasteiger partial charge in [0.15, 0.2) is 0 Å². The average molecular weight is 549 g/mol. The number of nitrogens with zero attached hydrogens (tertiary/aromatic N) is 2. The van der Waals surface area contributed by atoms with Crippen molar-refractivity contribution in [3.8, 4) is 0 Å². The number of carbonyl (C=O) groups is 2. The molecule has 2 aromatic rings. The predicted molar refractivity (Wildman–Crippen MR) is 144 cm³/mol. The summed E-state index contributed by atoms with van der Waals surface area (Å²) in [6.07, 6.45) is 5.45. The minimum absolute atomic E-state index is 0.0383. The number of hydrogen-bond donors (Lipinski definition) is 2. The third kappa shape index (κ3) is 7.78. The van der Waals surface area contributed by atoms with Gasteiger partial charge in [-0.1, -0.05) is 42.0 Å². The molecular formula is C26H33ClN4O5S. The Kier molecular flexibility index (Phi) is 10.5. The van der Waals surface area contributed by atoms with E-state index in [2.05, 4.69) is 5.32 Å². The van der Waals surface area contributed by atoms with Crippen LogP contribution in [-0.2, 0) is 19.6 Å². The molecule has 37 heavy (non-hydrogen) atoms. The molecule has 0 saturated carbocycles. The summed E-state index contributed by atoms with van der Waals surface area (Å²) in [6, 6.07) is 12.2. The van der Waals surface area contributed by atoms with Crippen molar-refractivity contribution in [2.45, 2.75) is 30.2 Å². The lowest BCUT2D eigenvalue weighted by atomic mass is 10.1. The Balaban J connectivity index is 1.93. The standard InChI is InChI=1S/C26H33ClN4O5S/c1-30-16-18-36-17-14-29-25(32)24(28)11-7-2-3-8-15-31(20-9-5-4-6-10-20)37(34,35)21-12-13-23(27)22(19-21)26(30)33/h3-6,8-10,12-13,19,24H,2,7,11,14-18,28H2,1H3,(H,29,32)/b8-3-. The van der Waals surface area contributed by atoms with Gasteiger partial charge >= 0.3 is 0 Å². The number of benzene rings is 2. The first kappa shape index (κ1) is 28.6. The molecule has 2 aromatic carbocycles. The summed E-state index contributed by atoms with van der Waals surface area (Å²) in [6.45, 7) is 1.15. The first-order chi connectivity index (χ1) is 17.7. The first-order valence-electron chi connectivity index (χ1n) is 12.1. The highest BCUT2D eigenvalue weighted by molar-refractivity contribution is 7.92. The molecule has 9 nitrogen and oxygen atoms in total. The largest absolute Gasteiger partial charge is 0.378 e. The van der Waals surface area contributed by atoms with Gasteiger partial charge < -0.3 is 20.7 Å². The SMILES string of the molecule is CN1CCOCCNC(=O)C(N)CCC/C=C\CN(c2ccccc2)S(=O)(=O)c2ccc(Cl)c(c2)C1=O. The van der Waals surface area contributed by atoms with E-state index in [0.717, 1.165) is 0 Å². The smallest absolute Gasteiger partial charge is 0.264 e. The lowest BCUT2D eigenvalue weighted by molar-refractivity contribution is -0.122. The second kappa shape index (κ2) is 13.6. The number of ether oxygens (including phenoxy) is 1. The Morgan fingerprint density at radius 3 is 2.59 bits per heavy atom. The number of nitrogens with one attached hydrogen (secondary N) is 1. The van der Waals surface area contributed by atoms with Crippen molar-refractivity contribution in [2.24, 2.45) is 5.73 Å². The molecule has 1 aliphatic rings. The number of halogens is 1. The van der Waals surface area contributed by atoms with E-state index >= 15 is 0 Å². The zero-order chi connectivity index (χ0) is 26.8. The molecule has 1 heterocycles. The fourth-order valence-electron chi connectivity index (χ4n) is 3.76. The van der Waals surface area contributed by atoms with Crippen molar-refractivity contribution in [1.82, 2.24) is 10.2 Å². The molecule has 3 rings (SSSR count). The number of anilines is 1. The van der Waals surface area contributed by atoms with Gasteiger partial charge in [0.25, 0.3) is 15.9 Å². The van der Waals surface area contributed by atoms with E-state index in [0.29, 0.717) is 31.5 Å². The van der Waals surface area contributed by atoms with Crippen LogP contribution < -0.4 is 15.4 Å². The molecule has 200 valence electrons. The highest BCUT2D eigenvalue weighted by Crippen LogP contribution is 2.27. The van der Waals surface area contributed by atoms with Crippen LogP contribution in [0.15, 0.2) is 65.6 Å². The van der Waals surface area contributed by atoms with E-state index in [4.69, 9.17) is 22.1 Å². The molecule has 0 aliphatic carbocycles. The maximum Gasteiger partial charge on any atom is 0.264 e. The summed E-state index contributed by atoms with van der Waals surface area (Å²) >= 11 is 6.30. The number of nitrogens with two attached hydrogens (primary N) is 1. The summed E-state index contributed by atoms with van der Waals surface area (Å²) in [5.74, 6) is -0.678. The molecule has 0 aromatic heterocycles. The minimum Gasteiger partial charge on any atom is -0.378 e. The molecule has 11 heteroatoms. The van der Waals surface area contributed by atoms with Gasteiger partial charge in [0.2, 0.25) is 5.91 Å². The molecule has 2 amide bonds. The van der Waals surface area contributed by atoms with Gasteiger partial charge in [-0.25, -0.2) is 8.42 Å². The van der Waals surface area contributed by atoms with Gasteiger partial charge in [0, 0.05) is 20.1 Å². The Labute approximate surface area is 223 Å². The first-order valence-corrected chi connectivity index (χ1v) is 13.9. The van der Waals surface area contributed by atoms with Crippen LogP contribution >= 0.6 is 11.6 Å². The normalized spacial score (nSPS) is 21.5. The second-order valence-corrected chi connectivity index (χ2v) is 10.9. The number of carbonyl (C=O) groups excluding carboxylic acids is 2. The van der Waals surface area contributed by atoms with Gasteiger partial charge in [-0.15, -0.1) is 0 Å². The van der Waals surface area contributed by atoms with E-state index in [-0.39, 0.29) is 47.7 Å². The van der Waals surface area contributed by atoms with Gasteiger partial charge in [-0.05, 0) is 49.6 Å². The van der Waals surface area contributed by atoms with Crippen molar-refractivity contribution in [2.75, 3.05) is 44.2 Å². The number of amides is 2. The molecule has 1 unspecified atom stereocenters. The number of hydrogen-bond acceptors (Lipinski definition) is 6. The highest BCUT2D eigenvalue weighted by atomic mass is 35.5. The summed E-state index contributed by atoms with van der Waals surface area (Å²) < 4.78 is 34.3. The van der Waals surface area contributed by atoms with Crippen LogP contribution in [-0.4, -0.2) is 71.1 Å². The van der Waals surface area contributed by atoms with Crippen LogP contribution in [0.1, 0.15) is 29.6 Å². The number of rotatable bonds is 1. The van der Waals surface area contributed by atoms with Crippen LogP contribution in [0.25, 0.3) is 0 Å². The van der Waals surface area contributed by atoms with Gasteiger partial charge in [-0.2, -0.15) is 0 Å². The van der Waals surface area contributed by atoms with Crippen molar-refractivity contribution < 1.29 is 22.7 Å². The van der Waals surface area contributed by atoms with Crippen molar-refractivity contribution in [3.63, 3.8) is 0 Å². The molecular weight excluding hydrogens is 516 g/mol. The fourth-order valence-corrected chi connectivity index (χ4v) is 5.40. The maximum atomic E-state index is 13.7. The second-order valence-electron chi connectivity index (χ2n) is 8.65. The van der Waals surface area contributed by atoms with Gasteiger partial charge in [0.05, 0.1) is 47.0 Å². The molecule has 1 aliphatic heterocycles. The summed E-state index contributed by atoms with van der Waals surface area (Å²) in [5.41, 5.74) is 6.55. The topological polar surface area (TPSA) is 122 Å². The fraction of sp³-hybridized carbons (Fsp3) is 0.385. The van der Waals surface area contributed by atoms with Crippen molar-refractivity contribution >= 4 is 39.1 Å². The Morgan fingerprint density at radius 1 is 1.08 bits per heavy atom. The molecule has 3 N–H and O–H groups in total. The molecule has 2 bridgehead atoms. The molecule has 1 atom stereocenters. The van der Waals surface area contributed by atoms with Crippen molar-refractivity contribution in [3.05, 3.63) is 71.3 Å². The van der Waals surface area contributed by atoms with Crippen LogP contribution in [0, 0.1) is 0 Å². The Bertz CT molecular complexity index is 1210. The van der Waals surface area contributed by atoms with E-state index in [1.807, 2.05) is 6.08 Å². The lowest BCUT2D eigenvalue weighted by Gasteiger charge is -2.24.